The van der Waals surface area contributed by atoms with Crippen LogP contribution in [0.1, 0.15) is 58.6 Å². The molecule has 2 heterocycles. The molecule has 2 aromatic carbocycles. The number of amides is 1. The number of hydrogen-bond donors (Lipinski definition) is 2. The average Bonchev–Trinajstić information content (AvgIpc) is 3.23. The Labute approximate surface area is 200 Å². The van der Waals surface area contributed by atoms with Crippen molar-refractivity contribution < 1.29 is 9.21 Å². The van der Waals surface area contributed by atoms with Crippen LogP contribution in [0.3, 0.4) is 0 Å². The molecular formula is C28H32N4O2. The first-order valence-electron chi connectivity index (χ1n) is 11.9. The second-order valence-electron chi connectivity index (χ2n) is 10.9. The minimum absolute atomic E-state index is 0.00827. The summed E-state index contributed by atoms with van der Waals surface area (Å²) in [5.41, 5.74) is 7.24. The first-order valence-corrected chi connectivity index (χ1v) is 11.9. The summed E-state index contributed by atoms with van der Waals surface area (Å²) in [6.45, 7) is 15.0. The molecule has 0 saturated heterocycles. The van der Waals surface area contributed by atoms with Gasteiger partial charge >= 0.3 is 0 Å². The predicted molar refractivity (Wildman–Crippen MR) is 136 cm³/mol. The quantitative estimate of drug-likeness (QED) is 0.341. The van der Waals surface area contributed by atoms with Crippen molar-refractivity contribution in [1.82, 2.24) is 15.2 Å². The van der Waals surface area contributed by atoms with Gasteiger partial charge in [-0.3, -0.25) is 9.89 Å². The monoisotopic (exact) mass is 456 g/mol. The summed E-state index contributed by atoms with van der Waals surface area (Å²) in [7, 11) is 0. The van der Waals surface area contributed by atoms with E-state index in [0.717, 1.165) is 44.7 Å². The zero-order valence-corrected chi connectivity index (χ0v) is 20.9. The molecule has 0 spiro atoms. The van der Waals surface area contributed by atoms with Crippen molar-refractivity contribution in [3.05, 3.63) is 53.7 Å². The van der Waals surface area contributed by atoms with Crippen molar-refractivity contribution >= 4 is 22.7 Å². The Morgan fingerprint density at radius 3 is 2.35 bits per heavy atom. The molecule has 176 valence electrons. The number of nitrogens with zero attached hydrogens (tertiary/aromatic N) is 2. The Morgan fingerprint density at radius 2 is 1.74 bits per heavy atom. The molecule has 5 rings (SSSR count). The van der Waals surface area contributed by atoms with Crippen LogP contribution in [0.25, 0.3) is 33.8 Å². The van der Waals surface area contributed by atoms with Crippen LogP contribution in [-0.2, 0) is 4.79 Å². The summed E-state index contributed by atoms with van der Waals surface area (Å²) in [5.74, 6) is 0.967. The largest absolute Gasteiger partial charge is 0.436 e. The minimum atomic E-state index is 0.00827. The van der Waals surface area contributed by atoms with Crippen LogP contribution in [-0.4, -0.2) is 21.1 Å². The number of benzene rings is 2. The Morgan fingerprint density at radius 1 is 1.06 bits per heavy atom. The Kier molecular flexibility index (Phi) is 4.97. The lowest BCUT2D eigenvalue weighted by Gasteiger charge is -2.07. The normalized spacial score (nSPS) is 16.8. The summed E-state index contributed by atoms with van der Waals surface area (Å²) < 4.78 is 6.27. The van der Waals surface area contributed by atoms with Gasteiger partial charge in [-0.25, -0.2) is 4.98 Å². The highest BCUT2D eigenvalue weighted by Crippen LogP contribution is 2.68. The number of H-pyrrole nitrogens is 1. The predicted octanol–water partition coefficient (Wildman–Crippen LogP) is 6.94. The number of aromatic amines is 1. The molecule has 0 bridgehead atoms. The number of aryl methyl sites for hydroxylation is 1. The van der Waals surface area contributed by atoms with E-state index in [2.05, 4.69) is 69.2 Å². The molecule has 0 atom stereocenters. The second kappa shape index (κ2) is 7.55. The van der Waals surface area contributed by atoms with Gasteiger partial charge in [-0.05, 0) is 46.9 Å². The first kappa shape index (κ1) is 22.4. The number of carbonyl (C=O) groups excluding carboxylic acids is 1. The zero-order chi connectivity index (χ0) is 24.4. The SMILES string of the molecule is Cc1ccc(C(C)C)c2oc(-c3c[nH]nc3-c3ccc(NC(=O)C4C(C)(C)C4(C)C)cc3)nc12. The van der Waals surface area contributed by atoms with Crippen LogP contribution < -0.4 is 5.32 Å². The molecular weight excluding hydrogens is 424 g/mol. The lowest BCUT2D eigenvalue weighted by molar-refractivity contribution is -0.118. The van der Waals surface area contributed by atoms with E-state index in [9.17, 15) is 4.79 Å². The highest BCUT2D eigenvalue weighted by Gasteiger charge is 2.68. The molecule has 4 aromatic rings. The topological polar surface area (TPSA) is 83.8 Å². The molecule has 2 N–H and O–H groups in total. The standard InChI is InChI=1S/C28H32N4O2/c1-15(2)19-13-8-16(3)21-23(19)34-26(31-21)20-14-29-32-22(20)17-9-11-18(12-10-17)30-25(33)24-27(4,5)28(24,6)7/h8-15,24H,1-7H3,(H,29,32)(H,30,33). The van der Waals surface area contributed by atoms with Gasteiger partial charge in [-0.2, -0.15) is 5.10 Å². The summed E-state index contributed by atoms with van der Waals surface area (Å²) in [6.07, 6.45) is 1.82. The van der Waals surface area contributed by atoms with Gasteiger partial charge in [-0.15, -0.1) is 0 Å². The Bertz CT molecular complexity index is 1380. The molecule has 2 aromatic heterocycles. The van der Waals surface area contributed by atoms with E-state index in [1.807, 2.05) is 37.4 Å². The van der Waals surface area contributed by atoms with Crippen molar-refractivity contribution in [3.63, 3.8) is 0 Å². The van der Waals surface area contributed by atoms with Crippen LogP contribution in [0.4, 0.5) is 5.69 Å². The number of carbonyl (C=O) groups is 1. The maximum Gasteiger partial charge on any atom is 0.231 e. The highest BCUT2D eigenvalue weighted by molar-refractivity contribution is 5.96. The minimum Gasteiger partial charge on any atom is -0.436 e. The fourth-order valence-electron chi connectivity index (χ4n) is 5.17. The van der Waals surface area contributed by atoms with Crippen molar-refractivity contribution in [3.8, 4) is 22.7 Å². The Balaban J connectivity index is 1.42. The smallest absolute Gasteiger partial charge is 0.231 e. The number of anilines is 1. The van der Waals surface area contributed by atoms with Crippen molar-refractivity contribution in [2.45, 2.75) is 54.4 Å². The molecule has 1 aliphatic carbocycles. The van der Waals surface area contributed by atoms with E-state index >= 15 is 0 Å². The summed E-state index contributed by atoms with van der Waals surface area (Å²) in [4.78, 5) is 17.6. The molecule has 34 heavy (non-hydrogen) atoms. The molecule has 0 aliphatic heterocycles. The van der Waals surface area contributed by atoms with E-state index in [1.54, 1.807) is 0 Å². The number of nitrogens with one attached hydrogen (secondary N) is 2. The first-order chi connectivity index (χ1) is 16.0. The highest BCUT2D eigenvalue weighted by atomic mass is 16.3. The average molecular weight is 457 g/mol. The van der Waals surface area contributed by atoms with Crippen LogP contribution >= 0.6 is 0 Å². The second-order valence-corrected chi connectivity index (χ2v) is 10.9. The molecule has 1 fully saturated rings. The lowest BCUT2D eigenvalue weighted by Crippen LogP contribution is -2.17. The van der Waals surface area contributed by atoms with Gasteiger partial charge in [0.1, 0.15) is 11.2 Å². The van der Waals surface area contributed by atoms with Gasteiger partial charge < -0.3 is 9.73 Å². The molecule has 6 heteroatoms. The lowest BCUT2D eigenvalue weighted by atomic mass is 10.0. The van der Waals surface area contributed by atoms with Crippen LogP contribution in [0.2, 0.25) is 0 Å². The maximum absolute atomic E-state index is 12.8. The zero-order valence-electron chi connectivity index (χ0n) is 20.9. The van der Waals surface area contributed by atoms with Gasteiger partial charge in [0.2, 0.25) is 11.8 Å². The summed E-state index contributed by atoms with van der Waals surface area (Å²) in [5, 5.41) is 10.5. The third kappa shape index (κ3) is 3.35. The van der Waals surface area contributed by atoms with Gasteiger partial charge in [0.05, 0.1) is 5.56 Å². The van der Waals surface area contributed by atoms with Crippen LogP contribution in [0, 0.1) is 23.7 Å². The molecule has 0 unspecified atom stereocenters. The Hall–Kier alpha value is -3.41. The van der Waals surface area contributed by atoms with E-state index < -0.39 is 0 Å². The number of oxazole rings is 1. The third-order valence-electron chi connectivity index (χ3n) is 7.98. The maximum atomic E-state index is 12.8. The molecule has 1 saturated carbocycles. The van der Waals surface area contributed by atoms with Crippen molar-refractivity contribution in [1.29, 1.82) is 0 Å². The molecule has 6 nitrogen and oxygen atoms in total. The van der Waals surface area contributed by atoms with Gasteiger partial charge in [-0.1, -0.05) is 65.8 Å². The van der Waals surface area contributed by atoms with Gasteiger partial charge in [0.15, 0.2) is 5.58 Å². The number of aromatic nitrogens is 3. The fraction of sp³-hybridized carbons (Fsp3) is 0.393. The fourth-order valence-corrected chi connectivity index (χ4v) is 5.17. The van der Waals surface area contributed by atoms with Gasteiger partial charge in [0.25, 0.3) is 0 Å². The molecule has 1 aliphatic rings. The van der Waals surface area contributed by atoms with Crippen molar-refractivity contribution in [2.75, 3.05) is 5.32 Å². The van der Waals surface area contributed by atoms with Crippen LogP contribution in [0.5, 0.6) is 0 Å². The summed E-state index contributed by atoms with van der Waals surface area (Å²) in [6, 6.07) is 12.0. The van der Waals surface area contributed by atoms with Crippen molar-refractivity contribution in [2.24, 2.45) is 16.7 Å². The van der Waals surface area contributed by atoms with Gasteiger partial charge in [0, 0.05) is 23.4 Å². The van der Waals surface area contributed by atoms with E-state index in [4.69, 9.17) is 9.40 Å². The van der Waals surface area contributed by atoms with E-state index in [0.29, 0.717) is 11.8 Å². The molecule has 1 amide bonds. The molecule has 0 radical (unpaired) electrons. The summed E-state index contributed by atoms with van der Waals surface area (Å²) >= 11 is 0. The van der Waals surface area contributed by atoms with E-state index in [1.165, 1.54) is 0 Å². The van der Waals surface area contributed by atoms with Crippen LogP contribution in [0.15, 0.2) is 47.0 Å². The number of fused-ring (bicyclic) bond motifs is 1. The third-order valence-corrected chi connectivity index (χ3v) is 7.98. The number of hydrogen-bond acceptors (Lipinski definition) is 4. The van der Waals surface area contributed by atoms with E-state index in [-0.39, 0.29) is 22.7 Å². The number of rotatable bonds is 5.